The summed E-state index contributed by atoms with van der Waals surface area (Å²) in [6, 6.07) is 7.97. The Balaban J connectivity index is 2.30. The summed E-state index contributed by atoms with van der Waals surface area (Å²) in [4.78, 5) is 4.42. The highest BCUT2D eigenvalue weighted by Gasteiger charge is 2.12. The van der Waals surface area contributed by atoms with Gasteiger partial charge in [0.15, 0.2) is 5.65 Å². The Bertz CT molecular complexity index is 716. The third-order valence-corrected chi connectivity index (χ3v) is 2.88. The molecule has 3 rings (SSSR count). The first-order valence-corrected chi connectivity index (χ1v) is 5.52. The number of aromatic nitrogens is 3. The van der Waals surface area contributed by atoms with Crippen LogP contribution in [0.3, 0.4) is 0 Å². The molecule has 2 aromatic heterocycles. The molecule has 3 aromatic rings. The number of fused-ring (bicyclic) bond motifs is 1. The van der Waals surface area contributed by atoms with Crippen molar-refractivity contribution < 1.29 is 4.39 Å². The molecule has 0 saturated heterocycles. The van der Waals surface area contributed by atoms with Gasteiger partial charge in [-0.2, -0.15) is 9.61 Å². The van der Waals surface area contributed by atoms with Gasteiger partial charge in [0.25, 0.3) is 0 Å². The van der Waals surface area contributed by atoms with E-state index in [9.17, 15) is 4.39 Å². The van der Waals surface area contributed by atoms with Crippen molar-refractivity contribution in [3.05, 3.63) is 48.0 Å². The van der Waals surface area contributed by atoms with Crippen molar-refractivity contribution in [1.82, 2.24) is 14.6 Å². The summed E-state index contributed by atoms with van der Waals surface area (Å²) in [7, 11) is 0. The summed E-state index contributed by atoms with van der Waals surface area (Å²) in [5.74, 6) is 0.234. The number of benzene rings is 1. The Morgan fingerprint density at radius 1 is 1.17 bits per heavy atom. The molecule has 90 valence electrons. The van der Waals surface area contributed by atoms with E-state index in [0.717, 1.165) is 16.8 Å². The van der Waals surface area contributed by atoms with Crippen molar-refractivity contribution in [2.45, 2.75) is 6.92 Å². The van der Waals surface area contributed by atoms with Crippen molar-refractivity contribution in [1.29, 1.82) is 0 Å². The Morgan fingerprint density at radius 2 is 1.89 bits per heavy atom. The normalized spacial score (nSPS) is 11.0. The maximum Gasteiger partial charge on any atom is 0.157 e. The number of hydrogen-bond acceptors (Lipinski definition) is 3. The number of nitrogens with zero attached hydrogens (tertiary/aromatic N) is 3. The van der Waals surface area contributed by atoms with Gasteiger partial charge in [0.1, 0.15) is 11.6 Å². The average Bonchev–Trinajstić information content (AvgIpc) is 2.80. The second-order valence-electron chi connectivity index (χ2n) is 4.07. The summed E-state index contributed by atoms with van der Waals surface area (Å²) in [5.41, 5.74) is 9.22. The number of nitrogens with two attached hydrogens (primary N) is 1. The predicted molar refractivity (Wildman–Crippen MR) is 67.5 cm³/mol. The predicted octanol–water partition coefficient (Wildman–Crippen LogP) is 2.43. The van der Waals surface area contributed by atoms with Crippen LogP contribution < -0.4 is 5.73 Å². The highest BCUT2D eigenvalue weighted by atomic mass is 19.1. The van der Waals surface area contributed by atoms with Gasteiger partial charge in [0.05, 0.1) is 11.9 Å². The molecule has 0 saturated carbocycles. The van der Waals surface area contributed by atoms with Crippen LogP contribution in [0.5, 0.6) is 0 Å². The third kappa shape index (κ3) is 1.52. The topological polar surface area (TPSA) is 56.2 Å². The van der Waals surface area contributed by atoms with Crippen molar-refractivity contribution in [3.63, 3.8) is 0 Å². The maximum absolute atomic E-state index is 12.9. The lowest BCUT2D eigenvalue weighted by molar-refractivity contribution is 0.628. The molecular formula is C13H11FN4. The van der Waals surface area contributed by atoms with Crippen LogP contribution in [0.1, 0.15) is 5.69 Å². The molecule has 0 aliphatic heterocycles. The lowest BCUT2D eigenvalue weighted by Crippen LogP contribution is -2.05. The van der Waals surface area contributed by atoms with E-state index < -0.39 is 0 Å². The fourth-order valence-corrected chi connectivity index (χ4v) is 2.06. The summed E-state index contributed by atoms with van der Waals surface area (Å²) in [5, 5.41) is 4.12. The van der Waals surface area contributed by atoms with E-state index in [-0.39, 0.29) is 5.82 Å². The van der Waals surface area contributed by atoms with Gasteiger partial charge in [-0.05, 0) is 24.6 Å². The quantitative estimate of drug-likeness (QED) is 0.713. The minimum Gasteiger partial charge on any atom is -0.383 e. The summed E-state index contributed by atoms with van der Waals surface area (Å²) in [6.45, 7) is 1.88. The van der Waals surface area contributed by atoms with Crippen LogP contribution in [-0.2, 0) is 0 Å². The second-order valence-corrected chi connectivity index (χ2v) is 4.07. The van der Waals surface area contributed by atoms with Gasteiger partial charge in [-0.25, -0.2) is 9.37 Å². The van der Waals surface area contributed by atoms with E-state index in [1.54, 1.807) is 28.9 Å². The summed E-state index contributed by atoms with van der Waals surface area (Å²) < 4.78 is 14.5. The maximum atomic E-state index is 12.9. The number of rotatable bonds is 1. The van der Waals surface area contributed by atoms with Gasteiger partial charge in [-0.1, -0.05) is 12.1 Å². The fraction of sp³-hybridized carbons (Fsp3) is 0.0769. The first-order chi connectivity index (χ1) is 8.66. The van der Waals surface area contributed by atoms with E-state index >= 15 is 0 Å². The standard InChI is InChI=1S/C13H11FN4/c1-8-12(9-2-4-10(14)5-3-9)13(15)18-11(17-8)6-7-16-18/h2-7H,15H2,1H3. The molecular weight excluding hydrogens is 231 g/mol. The van der Waals surface area contributed by atoms with E-state index in [1.165, 1.54) is 12.1 Å². The molecule has 0 amide bonds. The van der Waals surface area contributed by atoms with Gasteiger partial charge < -0.3 is 5.73 Å². The van der Waals surface area contributed by atoms with Crippen molar-refractivity contribution in [2.24, 2.45) is 0 Å². The highest BCUT2D eigenvalue weighted by Crippen LogP contribution is 2.28. The Kier molecular flexibility index (Phi) is 2.26. The smallest absolute Gasteiger partial charge is 0.157 e. The van der Waals surface area contributed by atoms with E-state index in [0.29, 0.717) is 11.5 Å². The van der Waals surface area contributed by atoms with Crippen LogP contribution in [0.15, 0.2) is 36.5 Å². The molecule has 0 aliphatic rings. The average molecular weight is 242 g/mol. The Labute approximate surface area is 103 Å². The van der Waals surface area contributed by atoms with Gasteiger partial charge in [0.2, 0.25) is 0 Å². The second kappa shape index (κ2) is 3.80. The third-order valence-electron chi connectivity index (χ3n) is 2.88. The lowest BCUT2D eigenvalue weighted by Gasteiger charge is -2.10. The summed E-state index contributed by atoms with van der Waals surface area (Å²) in [6.07, 6.45) is 1.65. The lowest BCUT2D eigenvalue weighted by atomic mass is 10.1. The number of aryl methyl sites for hydroxylation is 1. The number of hydrogen-bond donors (Lipinski definition) is 1. The van der Waals surface area contributed by atoms with Gasteiger partial charge >= 0.3 is 0 Å². The van der Waals surface area contributed by atoms with Crippen molar-refractivity contribution in [3.8, 4) is 11.1 Å². The molecule has 0 radical (unpaired) electrons. The minimum absolute atomic E-state index is 0.275. The van der Waals surface area contributed by atoms with Crippen LogP contribution in [0.4, 0.5) is 10.2 Å². The van der Waals surface area contributed by atoms with Crippen LogP contribution in [0.25, 0.3) is 16.8 Å². The zero-order valence-corrected chi connectivity index (χ0v) is 9.76. The highest BCUT2D eigenvalue weighted by molar-refractivity contribution is 5.77. The molecule has 18 heavy (non-hydrogen) atoms. The molecule has 0 aliphatic carbocycles. The number of nitrogen functional groups attached to an aromatic ring is 1. The Hall–Kier alpha value is -2.43. The van der Waals surface area contributed by atoms with Crippen LogP contribution in [0.2, 0.25) is 0 Å². The molecule has 2 heterocycles. The van der Waals surface area contributed by atoms with E-state index in [2.05, 4.69) is 10.1 Å². The zero-order chi connectivity index (χ0) is 12.7. The van der Waals surface area contributed by atoms with Crippen molar-refractivity contribution >= 4 is 11.5 Å². The summed E-state index contributed by atoms with van der Waals surface area (Å²) >= 11 is 0. The van der Waals surface area contributed by atoms with Crippen molar-refractivity contribution in [2.75, 3.05) is 5.73 Å². The number of anilines is 1. The zero-order valence-electron chi connectivity index (χ0n) is 9.76. The molecule has 4 nitrogen and oxygen atoms in total. The molecule has 0 unspecified atom stereocenters. The first-order valence-electron chi connectivity index (χ1n) is 5.52. The molecule has 0 atom stereocenters. The van der Waals surface area contributed by atoms with Gasteiger partial charge in [-0.15, -0.1) is 0 Å². The van der Waals surface area contributed by atoms with Gasteiger partial charge in [-0.3, -0.25) is 0 Å². The van der Waals surface area contributed by atoms with E-state index in [1.807, 2.05) is 6.92 Å². The minimum atomic E-state index is -0.275. The largest absolute Gasteiger partial charge is 0.383 e. The fourth-order valence-electron chi connectivity index (χ4n) is 2.06. The van der Waals surface area contributed by atoms with E-state index in [4.69, 9.17) is 5.73 Å². The first kappa shape index (κ1) is 10.7. The van der Waals surface area contributed by atoms with Gasteiger partial charge in [0, 0.05) is 11.6 Å². The molecule has 0 fully saturated rings. The number of halogens is 1. The molecule has 0 bridgehead atoms. The molecule has 0 spiro atoms. The molecule has 2 N–H and O–H groups in total. The van der Waals surface area contributed by atoms with Crippen LogP contribution in [-0.4, -0.2) is 14.6 Å². The van der Waals surface area contributed by atoms with Crippen LogP contribution >= 0.6 is 0 Å². The Morgan fingerprint density at radius 3 is 2.61 bits per heavy atom. The molecule has 1 aromatic carbocycles. The molecule has 5 heteroatoms. The monoisotopic (exact) mass is 242 g/mol. The van der Waals surface area contributed by atoms with Crippen LogP contribution in [0, 0.1) is 12.7 Å². The SMILES string of the molecule is Cc1nc2ccnn2c(N)c1-c1ccc(F)cc1.